The average molecular weight is 298 g/mol. The van der Waals surface area contributed by atoms with E-state index in [1.54, 1.807) is 0 Å². The predicted molar refractivity (Wildman–Crippen MR) is 83.7 cm³/mol. The standard InChI is InChI=1S/C17H19FN4/c1-12(13-4-6-15(18)7-5-13)21-8-9-22(11-21)17-10-16(19-20-17)14-2-3-14/h4-10,12,14H,2-3,11H2,1H3,(H,19,20)/t12-/m1/s1. The molecule has 0 bridgehead atoms. The fourth-order valence-electron chi connectivity index (χ4n) is 2.85. The van der Waals surface area contributed by atoms with Gasteiger partial charge in [-0.3, -0.25) is 5.10 Å². The van der Waals surface area contributed by atoms with Crippen LogP contribution in [-0.2, 0) is 0 Å². The molecule has 2 aromatic rings. The van der Waals surface area contributed by atoms with Gasteiger partial charge in [0.05, 0.1) is 12.7 Å². The van der Waals surface area contributed by atoms with Crippen molar-refractivity contribution in [3.05, 3.63) is 59.8 Å². The Morgan fingerprint density at radius 3 is 2.73 bits per heavy atom. The first-order valence-corrected chi connectivity index (χ1v) is 7.72. The Balaban J connectivity index is 1.45. The predicted octanol–water partition coefficient (Wildman–Crippen LogP) is 3.74. The molecule has 1 saturated carbocycles. The van der Waals surface area contributed by atoms with Crippen LogP contribution < -0.4 is 4.90 Å². The van der Waals surface area contributed by atoms with Crippen molar-refractivity contribution in [1.29, 1.82) is 0 Å². The lowest BCUT2D eigenvalue weighted by Crippen LogP contribution is -2.27. The molecule has 1 aliphatic carbocycles. The number of nitrogens with zero attached hydrogens (tertiary/aromatic N) is 3. The van der Waals surface area contributed by atoms with Crippen LogP contribution in [0.1, 0.15) is 43.0 Å². The van der Waals surface area contributed by atoms with E-state index in [2.05, 4.69) is 39.2 Å². The third-order valence-electron chi connectivity index (χ3n) is 4.50. The van der Waals surface area contributed by atoms with E-state index in [1.165, 1.54) is 30.7 Å². The molecular weight excluding hydrogens is 279 g/mol. The summed E-state index contributed by atoms with van der Waals surface area (Å²) in [6.07, 6.45) is 6.66. The van der Waals surface area contributed by atoms with Gasteiger partial charge in [-0.05, 0) is 37.5 Å². The zero-order valence-electron chi connectivity index (χ0n) is 12.5. The Bertz CT molecular complexity index is 687. The summed E-state index contributed by atoms with van der Waals surface area (Å²) < 4.78 is 13.0. The highest BCUT2D eigenvalue weighted by Gasteiger charge is 2.27. The third-order valence-corrected chi connectivity index (χ3v) is 4.50. The minimum atomic E-state index is -0.196. The van der Waals surface area contributed by atoms with Gasteiger partial charge in [-0.2, -0.15) is 5.10 Å². The number of hydrogen-bond donors (Lipinski definition) is 1. The van der Waals surface area contributed by atoms with Crippen LogP contribution in [0.5, 0.6) is 0 Å². The van der Waals surface area contributed by atoms with Crippen molar-refractivity contribution in [1.82, 2.24) is 15.1 Å². The maximum Gasteiger partial charge on any atom is 0.156 e. The van der Waals surface area contributed by atoms with E-state index < -0.39 is 0 Å². The molecule has 0 saturated heterocycles. The first kappa shape index (κ1) is 13.4. The second kappa shape index (κ2) is 5.16. The Kier molecular flexibility index (Phi) is 3.13. The lowest BCUT2D eigenvalue weighted by Gasteiger charge is -2.26. The molecule has 1 aromatic carbocycles. The van der Waals surface area contributed by atoms with Gasteiger partial charge >= 0.3 is 0 Å². The molecule has 0 spiro atoms. The molecule has 0 radical (unpaired) electrons. The normalized spacial score (nSPS) is 19.0. The van der Waals surface area contributed by atoms with E-state index in [9.17, 15) is 4.39 Å². The number of aromatic nitrogens is 2. The third kappa shape index (κ3) is 2.47. The van der Waals surface area contributed by atoms with E-state index >= 15 is 0 Å². The summed E-state index contributed by atoms with van der Waals surface area (Å²) >= 11 is 0. The van der Waals surface area contributed by atoms with E-state index in [1.807, 2.05) is 18.3 Å². The van der Waals surface area contributed by atoms with Crippen molar-refractivity contribution in [2.24, 2.45) is 0 Å². The highest BCUT2D eigenvalue weighted by atomic mass is 19.1. The second-order valence-corrected chi connectivity index (χ2v) is 6.11. The first-order chi connectivity index (χ1) is 10.7. The van der Waals surface area contributed by atoms with Crippen LogP contribution in [-0.4, -0.2) is 21.8 Å². The molecule has 4 rings (SSSR count). The smallest absolute Gasteiger partial charge is 0.156 e. The molecule has 0 amide bonds. The van der Waals surface area contributed by atoms with Gasteiger partial charge in [0.15, 0.2) is 5.82 Å². The summed E-state index contributed by atoms with van der Waals surface area (Å²) in [6.45, 7) is 2.88. The SMILES string of the molecule is C[C@H](c1ccc(F)cc1)N1C=CN(c2cc(C3CC3)[nH]n2)C1. The summed E-state index contributed by atoms with van der Waals surface area (Å²) in [5.41, 5.74) is 2.35. The van der Waals surface area contributed by atoms with Gasteiger partial charge in [0.1, 0.15) is 5.82 Å². The van der Waals surface area contributed by atoms with Crippen LogP contribution in [0.15, 0.2) is 42.7 Å². The molecule has 5 heteroatoms. The van der Waals surface area contributed by atoms with E-state index in [0.717, 1.165) is 18.1 Å². The maximum absolute atomic E-state index is 13.0. The molecule has 2 heterocycles. The molecule has 4 nitrogen and oxygen atoms in total. The molecule has 22 heavy (non-hydrogen) atoms. The van der Waals surface area contributed by atoms with Crippen LogP contribution in [0.4, 0.5) is 10.2 Å². The Hall–Kier alpha value is -2.30. The molecule has 1 aliphatic heterocycles. The molecule has 0 unspecified atom stereocenters. The van der Waals surface area contributed by atoms with Gasteiger partial charge in [-0.25, -0.2) is 4.39 Å². The second-order valence-electron chi connectivity index (χ2n) is 6.11. The monoisotopic (exact) mass is 298 g/mol. The number of anilines is 1. The van der Waals surface area contributed by atoms with Crippen molar-refractivity contribution in [2.45, 2.75) is 31.7 Å². The van der Waals surface area contributed by atoms with E-state index in [0.29, 0.717) is 5.92 Å². The number of hydrogen-bond acceptors (Lipinski definition) is 3. The van der Waals surface area contributed by atoms with Crippen LogP contribution in [0.25, 0.3) is 0 Å². The van der Waals surface area contributed by atoms with Crippen LogP contribution in [0.3, 0.4) is 0 Å². The summed E-state index contributed by atoms with van der Waals surface area (Å²) in [5.74, 6) is 1.45. The van der Waals surface area contributed by atoms with Crippen molar-refractivity contribution in [2.75, 3.05) is 11.6 Å². The van der Waals surface area contributed by atoms with E-state index in [4.69, 9.17) is 0 Å². The van der Waals surface area contributed by atoms with Gasteiger partial charge in [-0.15, -0.1) is 0 Å². The molecule has 1 aromatic heterocycles. The van der Waals surface area contributed by atoms with Gasteiger partial charge < -0.3 is 9.80 Å². The maximum atomic E-state index is 13.0. The summed E-state index contributed by atoms with van der Waals surface area (Å²) in [5, 5.41) is 7.55. The highest BCUT2D eigenvalue weighted by Crippen LogP contribution is 2.40. The zero-order chi connectivity index (χ0) is 15.1. The number of nitrogens with one attached hydrogen (secondary N) is 1. The molecule has 114 valence electrons. The summed E-state index contributed by atoms with van der Waals surface area (Å²) in [7, 11) is 0. The molecule has 1 N–H and O–H groups in total. The van der Waals surface area contributed by atoms with Crippen molar-refractivity contribution in [3.63, 3.8) is 0 Å². The Morgan fingerprint density at radius 1 is 1.23 bits per heavy atom. The summed E-state index contributed by atoms with van der Waals surface area (Å²) in [4.78, 5) is 4.35. The zero-order valence-corrected chi connectivity index (χ0v) is 12.5. The topological polar surface area (TPSA) is 35.2 Å². The quantitative estimate of drug-likeness (QED) is 0.934. The fraction of sp³-hybridized carbons (Fsp3) is 0.353. The van der Waals surface area contributed by atoms with E-state index in [-0.39, 0.29) is 11.9 Å². The van der Waals surface area contributed by atoms with Gasteiger partial charge in [0.2, 0.25) is 0 Å². The minimum Gasteiger partial charge on any atom is -0.351 e. The largest absolute Gasteiger partial charge is 0.351 e. The Labute approximate surface area is 129 Å². The van der Waals surface area contributed by atoms with Crippen LogP contribution in [0.2, 0.25) is 0 Å². The average Bonchev–Trinajstić information content (AvgIpc) is 3.07. The number of benzene rings is 1. The molecule has 1 fully saturated rings. The minimum absolute atomic E-state index is 0.196. The number of aromatic amines is 1. The molecule has 2 aliphatic rings. The van der Waals surface area contributed by atoms with Crippen molar-refractivity contribution >= 4 is 5.82 Å². The fourth-order valence-corrected chi connectivity index (χ4v) is 2.85. The number of H-pyrrole nitrogens is 1. The first-order valence-electron chi connectivity index (χ1n) is 7.72. The number of halogens is 1. The lowest BCUT2D eigenvalue weighted by atomic mass is 10.1. The van der Waals surface area contributed by atoms with Crippen molar-refractivity contribution < 1.29 is 4.39 Å². The molecule has 1 atom stereocenters. The molecular formula is C17H19FN4. The lowest BCUT2D eigenvalue weighted by molar-refractivity contribution is 0.322. The van der Waals surface area contributed by atoms with Gasteiger partial charge in [0, 0.05) is 30.1 Å². The highest BCUT2D eigenvalue weighted by molar-refractivity contribution is 5.45. The van der Waals surface area contributed by atoms with Crippen LogP contribution >= 0.6 is 0 Å². The Morgan fingerprint density at radius 2 is 2.00 bits per heavy atom. The summed E-state index contributed by atoms with van der Waals surface area (Å²) in [6, 6.07) is 9.06. The van der Waals surface area contributed by atoms with Gasteiger partial charge in [0.25, 0.3) is 0 Å². The number of rotatable bonds is 4. The van der Waals surface area contributed by atoms with Crippen molar-refractivity contribution in [3.8, 4) is 0 Å². The van der Waals surface area contributed by atoms with Gasteiger partial charge in [-0.1, -0.05) is 12.1 Å². The van der Waals surface area contributed by atoms with Crippen LogP contribution in [0, 0.1) is 5.82 Å².